The van der Waals surface area contributed by atoms with Gasteiger partial charge in [0.25, 0.3) is 0 Å². The molecule has 0 saturated carbocycles. The Balaban J connectivity index is 1.95. The highest BCUT2D eigenvalue weighted by Gasteiger charge is 2.23. The zero-order valence-electron chi connectivity index (χ0n) is 17.7. The maximum atomic E-state index is 12.6. The average Bonchev–Trinajstić information content (AvgIpc) is 2.76. The smallest absolute Gasteiger partial charge is 0.344 e. The number of nitrogens with one attached hydrogen (secondary N) is 1. The van der Waals surface area contributed by atoms with Gasteiger partial charge < -0.3 is 15.0 Å². The summed E-state index contributed by atoms with van der Waals surface area (Å²) in [5, 5.41) is 3.91. The first-order valence-electron chi connectivity index (χ1n) is 9.61. The van der Waals surface area contributed by atoms with Crippen LogP contribution in [-0.2, 0) is 17.0 Å². The van der Waals surface area contributed by atoms with Crippen molar-refractivity contribution >= 4 is 29.5 Å². The van der Waals surface area contributed by atoms with Gasteiger partial charge in [-0.25, -0.2) is 9.78 Å². The predicted octanol–water partition coefficient (Wildman–Crippen LogP) is 4.54. The summed E-state index contributed by atoms with van der Waals surface area (Å²) in [6.45, 7) is 2.59. The van der Waals surface area contributed by atoms with E-state index in [0.29, 0.717) is 34.7 Å². The number of esters is 1. The maximum absolute atomic E-state index is 12.6. The summed E-state index contributed by atoms with van der Waals surface area (Å²) < 4.78 is 5.06. The summed E-state index contributed by atoms with van der Waals surface area (Å²) >= 11 is 1.50. The van der Waals surface area contributed by atoms with Gasteiger partial charge in [0.1, 0.15) is 16.4 Å². The van der Waals surface area contributed by atoms with Gasteiger partial charge in [-0.3, -0.25) is 0 Å². The molecule has 0 radical (unpaired) electrons. The number of methoxy groups -OCH3 is 1. The average molecular weight is 423 g/mol. The Kier molecular flexibility index (Phi) is 7.30. The van der Waals surface area contributed by atoms with Gasteiger partial charge in [0.05, 0.1) is 7.11 Å². The van der Waals surface area contributed by atoms with Crippen molar-refractivity contribution in [2.24, 2.45) is 0 Å². The van der Waals surface area contributed by atoms with E-state index in [1.165, 1.54) is 24.4 Å². The first-order chi connectivity index (χ1) is 14.5. The van der Waals surface area contributed by atoms with Crippen LogP contribution < -0.4 is 10.2 Å². The van der Waals surface area contributed by atoms with Crippen LogP contribution in [-0.4, -0.2) is 37.1 Å². The van der Waals surface area contributed by atoms with Crippen LogP contribution in [0.5, 0.6) is 0 Å². The first kappa shape index (κ1) is 21.6. The van der Waals surface area contributed by atoms with Crippen LogP contribution in [0.25, 0.3) is 0 Å². The molecule has 1 N–H and O–H groups in total. The van der Waals surface area contributed by atoms with Gasteiger partial charge in [-0.05, 0) is 18.1 Å². The number of aromatic nitrogens is 2. The molecular formula is C23H26N4O2S. The lowest BCUT2D eigenvalue weighted by Gasteiger charge is -2.18. The fourth-order valence-electron chi connectivity index (χ4n) is 2.88. The SMILES string of the molecule is COC(=O)c1c(NCc2cccc(C)c2)nc(N(C)C)nc1SCc1ccccc1. The van der Waals surface area contributed by atoms with Crippen LogP contribution in [0.15, 0.2) is 59.6 Å². The molecule has 0 fully saturated rings. The Morgan fingerprint density at radius 1 is 1.07 bits per heavy atom. The Morgan fingerprint density at radius 2 is 1.80 bits per heavy atom. The van der Waals surface area contributed by atoms with E-state index in [2.05, 4.69) is 46.5 Å². The van der Waals surface area contributed by atoms with Gasteiger partial charge >= 0.3 is 5.97 Å². The lowest BCUT2D eigenvalue weighted by Crippen LogP contribution is -2.18. The summed E-state index contributed by atoms with van der Waals surface area (Å²) in [4.78, 5) is 23.7. The van der Waals surface area contributed by atoms with Gasteiger partial charge in [0.15, 0.2) is 0 Å². The normalized spacial score (nSPS) is 10.5. The molecule has 1 heterocycles. The number of hydrogen-bond donors (Lipinski definition) is 1. The molecule has 0 atom stereocenters. The van der Waals surface area contributed by atoms with Crippen molar-refractivity contribution in [2.75, 3.05) is 31.4 Å². The lowest BCUT2D eigenvalue weighted by atomic mass is 10.1. The second-order valence-electron chi connectivity index (χ2n) is 7.06. The van der Waals surface area contributed by atoms with E-state index in [1.54, 1.807) is 0 Å². The van der Waals surface area contributed by atoms with Crippen LogP contribution in [0.4, 0.5) is 11.8 Å². The van der Waals surface area contributed by atoms with Crippen molar-refractivity contribution in [3.63, 3.8) is 0 Å². The van der Waals surface area contributed by atoms with Crippen LogP contribution in [0.2, 0.25) is 0 Å². The standard InChI is InChI=1S/C23H26N4O2S/c1-16-9-8-12-18(13-16)14-24-20-19(22(28)29-4)21(26-23(25-20)27(2)3)30-15-17-10-6-5-7-11-17/h5-13H,14-15H2,1-4H3,(H,24,25,26). The van der Waals surface area contributed by atoms with Crippen molar-refractivity contribution in [1.29, 1.82) is 0 Å². The third kappa shape index (κ3) is 5.51. The molecule has 7 heteroatoms. The quantitative estimate of drug-likeness (QED) is 0.325. The third-order valence-electron chi connectivity index (χ3n) is 4.41. The predicted molar refractivity (Wildman–Crippen MR) is 122 cm³/mol. The molecule has 0 amide bonds. The van der Waals surface area contributed by atoms with Crippen molar-refractivity contribution in [1.82, 2.24) is 9.97 Å². The first-order valence-corrected chi connectivity index (χ1v) is 10.6. The molecule has 6 nitrogen and oxygen atoms in total. The topological polar surface area (TPSA) is 67.3 Å². The van der Waals surface area contributed by atoms with Gasteiger partial charge in [-0.1, -0.05) is 60.2 Å². The van der Waals surface area contributed by atoms with Gasteiger partial charge in [0.2, 0.25) is 5.95 Å². The van der Waals surface area contributed by atoms with Gasteiger partial charge in [-0.15, -0.1) is 11.8 Å². The summed E-state index contributed by atoms with van der Waals surface area (Å²) in [7, 11) is 5.13. The molecule has 30 heavy (non-hydrogen) atoms. The van der Waals surface area contributed by atoms with E-state index >= 15 is 0 Å². The van der Waals surface area contributed by atoms with E-state index in [4.69, 9.17) is 4.74 Å². The Bertz CT molecular complexity index is 1010. The fourth-order valence-corrected chi connectivity index (χ4v) is 3.85. The molecule has 0 aliphatic heterocycles. The number of benzene rings is 2. The number of hydrogen-bond acceptors (Lipinski definition) is 7. The third-order valence-corrected chi connectivity index (χ3v) is 5.46. The zero-order chi connectivity index (χ0) is 21.5. The van der Waals surface area contributed by atoms with Crippen molar-refractivity contribution in [2.45, 2.75) is 24.2 Å². The van der Waals surface area contributed by atoms with Crippen LogP contribution in [0.3, 0.4) is 0 Å². The molecule has 0 bridgehead atoms. The number of thioether (sulfide) groups is 1. The number of nitrogens with zero attached hydrogens (tertiary/aromatic N) is 3. The molecule has 3 rings (SSSR count). The molecule has 0 aliphatic rings. The Morgan fingerprint density at radius 3 is 2.47 bits per heavy atom. The van der Waals surface area contributed by atoms with Gasteiger partial charge in [0, 0.05) is 26.4 Å². The minimum atomic E-state index is -0.456. The summed E-state index contributed by atoms with van der Waals surface area (Å²) in [6, 6.07) is 18.3. The number of anilines is 2. The second kappa shape index (κ2) is 10.1. The molecule has 0 spiro atoms. The number of aryl methyl sites for hydroxylation is 1. The highest BCUT2D eigenvalue weighted by atomic mass is 32.2. The number of carbonyl (C=O) groups is 1. The van der Waals surface area contributed by atoms with E-state index in [1.807, 2.05) is 49.3 Å². The number of rotatable bonds is 8. The second-order valence-corrected chi connectivity index (χ2v) is 8.02. The molecule has 0 unspecified atom stereocenters. The van der Waals surface area contributed by atoms with Crippen LogP contribution >= 0.6 is 11.8 Å². The molecule has 1 aromatic heterocycles. The van der Waals surface area contributed by atoms with E-state index in [0.717, 1.165) is 11.1 Å². The number of carbonyl (C=O) groups excluding carboxylic acids is 1. The summed E-state index contributed by atoms with van der Waals surface area (Å²) in [5.74, 6) is 1.23. The fraction of sp³-hybridized carbons (Fsp3) is 0.261. The van der Waals surface area contributed by atoms with E-state index < -0.39 is 5.97 Å². The summed E-state index contributed by atoms with van der Waals surface area (Å²) in [5.41, 5.74) is 3.79. The van der Waals surface area contributed by atoms with E-state index in [9.17, 15) is 4.79 Å². The molecule has 0 aliphatic carbocycles. The van der Waals surface area contributed by atoms with Crippen LogP contribution in [0.1, 0.15) is 27.0 Å². The molecule has 3 aromatic rings. The molecular weight excluding hydrogens is 396 g/mol. The Labute approximate surface area is 181 Å². The van der Waals surface area contributed by atoms with Gasteiger partial charge in [-0.2, -0.15) is 4.98 Å². The monoisotopic (exact) mass is 422 g/mol. The zero-order valence-corrected chi connectivity index (χ0v) is 18.5. The highest BCUT2D eigenvalue weighted by molar-refractivity contribution is 7.98. The minimum absolute atomic E-state index is 0.358. The molecule has 156 valence electrons. The Hall–Kier alpha value is -3.06. The van der Waals surface area contributed by atoms with Crippen molar-refractivity contribution < 1.29 is 9.53 Å². The van der Waals surface area contributed by atoms with E-state index in [-0.39, 0.29) is 0 Å². The minimum Gasteiger partial charge on any atom is -0.465 e. The largest absolute Gasteiger partial charge is 0.465 e. The lowest BCUT2D eigenvalue weighted by molar-refractivity contribution is 0.0596. The molecule has 2 aromatic carbocycles. The maximum Gasteiger partial charge on any atom is 0.344 e. The van der Waals surface area contributed by atoms with Crippen molar-refractivity contribution in [3.05, 3.63) is 76.9 Å². The highest BCUT2D eigenvalue weighted by Crippen LogP contribution is 2.31. The van der Waals surface area contributed by atoms with Crippen molar-refractivity contribution in [3.8, 4) is 0 Å². The summed E-state index contributed by atoms with van der Waals surface area (Å²) in [6.07, 6.45) is 0. The van der Waals surface area contributed by atoms with Crippen LogP contribution in [0, 0.1) is 6.92 Å². The molecule has 0 saturated heterocycles. The number of ether oxygens (including phenoxy) is 1.